The van der Waals surface area contributed by atoms with E-state index in [1.165, 1.54) is 13.2 Å². The van der Waals surface area contributed by atoms with Crippen molar-refractivity contribution in [2.75, 3.05) is 30.5 Å². The molecule has 0 bridgehead atoms. The fourth-order valence-corrected chi connectivity index (χ4v) is 4.89. The van der Waals surface area contributed by atoms with Gasteiger partial charge in [0.15, 0.2) is 5.78 Å². The molecule has 4 aromatic carbocycles. The Hall–Kier alpha value is -5.89. The summed E-state index contributed by atoms with van der Waals surface area (Å²) in [5.74, 6) is 0.419. The number of hydrogen-bond acceptors (Lipinski definition) is 7. The van der Waals surface area contributed by atoms with Gasteiger partial charge in [0.25, 0.3) is 5.91 Å². The molecular weight excluding hydrogens is 580 g/mol. The number of carbonyl (C=O) groups excluding carboxylic acids is 3. The normalized spacial score (nSPS) is 11.5. The third-order valence-electron chi connectivity index (χ3n) is 7.24. The average Bonchev–Trinajstić information content (AvgIpc) is 3.64. The highest BCUT2D eigenvalue weighted by Gasteiger charge is 2.23. The lowest BCUT2D eigenvalue weighted by atomic mass is 10.00. The van der Waals surface area contributed by atoms with Crippen LogP contribution < -0.4 is 15.0 Å². The number of methoxy groups -OCH3 is 1. The lowest BCUT2D eigenvalue weighted by Gasteiger charge is -2.22. The van der Waals surface area contributed by atoms with Crippen molar-refractivity contribution >= 4 is 35.1 Å². The number of nitrogens with one attached hydrogen (secondary N) is 1. The van der Waals surface area contributed by atoms with Gasteiger partial charge in [0.1, 0.15) is 24.2 Å². The van der Waals surface area contributed by atoms with Crippen LogP contribution in [-0.4, -0.2) is 44.0 Å². The molecule has 0 fully saturated rings. The van der Waals surface area contributed by atoms with Gasteiger partial charge in [-0.15, -0.1) is 0 Å². The number of benzene rings is 4. The molecule has 1 heterocycles. The number of furan rings is 1. The van der Waals surface area contributed by atoms with Crippen molar-refractivity contribution in [3.05, 3.63) is 156 Å². The largest absolute Gasteiger partial charge is 0.492 e. The number of rotatable bonds is 14. The Balaban J connectivity index is 1.22. The van der Waals surface area contributed by atoms with E-state index in [4.69, 9.17) is 13.9 Å². The van der Waals surface area contributed by atoms with Crippen LogP contribution >= 0.6 is 0 Å². The van der Waals surface area contributed by atoms with Gasteiger partial charge in [-0.25, -0.2) is 4.79 Å². The van der Waals surface area contributed by atoms with Gasteiger partial charge in [-0.1, -0.05) is 72.8 Å². The summed E-state index contributed by atoms with van der Waals surface area (Å²) in [7, 11) is 1.34. The third-order valence-corrected chi connectivity index (χ3v) is 7.24. The molecule has 8 heteroatoms. The highest BCUT2D eigenvalue weighted by atomic mass is 16.5. The zero-order valence-electron chi connectivity index (χ0n) is 25.4. The van der Waals surface area contributed by atoms with Gasteiger partial charge in [-0.2, -0.15) is 0 Å². The van der Waals surface area contributed by atoms with Crippen LogP contribution in [0.1, 0.15) is 27.2 Å². The summed E-state index contributed by atoms with van der Waals surface area (Å²) in [6.07, 6.45) is 4.98. The van der Waals surface area contributed by atoms with Gasteiger partial charge < -0.3 is 24.1 Å². The maximum Gasteiger partial charge on any atom is 0.328 e. The molecule has 5 aromatic rings. The van der Waals surface area contributed by atoms with Crippen LogP contribution in [0, 0.1) is 0 Å². The Labute approximate surface area is 267 Å². The highest BCUT2D eigenvalue weighted by molar-refractivity contribution is 6.12. The van der Waals surface area contributed by atoms with Gasteiger partial charge in [-0.3, -0.25) is 9.59 Å². The molecule has 0 saturated carbocycles. The molecule has 0 aliphatic rings. The molecule has 8 nitrogen and oxygen atoms in total. The number of nitrogens with zero attached hydrogens (tertiary/aromatic N) is 1. The summed E-state index contributed by atoms with van der Waals surface area (Å²) in [5, 5.41) is 3.23. The second-order valence-electron chi connectivity index (χ2n) is 10.3. The first-order valence-electron chi connectivity index (χ1n) is 14.8. The first kappa shape index (κ1) is 31.5. The smallest absolute Gasteiger partial charge is 0.328 e. The molecule has 1 unspecified atom stereocenters. The Morgan fingerprint density at radius 2 is 1.52 bits per heavy atom. The number of anilines is 2. The van der Waals surface area contributed by atoms with Crippen molar-refractivity contribution in [3.8, 4) is 5.75 Å². The molecule has 0 radical (unpaired) electrons. The second-order valence-corrected chi connectivity index (χ2v) is 10.3. The van der Waals surface area contributed by atoms with Crippen LogP contribution in [0.5, 0.6) is 5.75 Å². The van der Waals surface area contributed by atoms with E-state index in [-0.39, 0.29) is 18.3 Å². The molecular formula is C38H34N2O6. The molecule has 1 N–H and O–H groups in total. The minimum Gasteiger partial charge on any atom is -0.492 e. The predicted molar refractivity (Wildman–Crippen MR) is 178 cm³/mol. The molecule has 46 heavy (non-hydrogen) atoms. The maximum atomic E-state index is 13.2. The molecule has 1 amide bonds. The van der Waals surface area contributed by atoms with Crippen LogP contribution in [0.2, 0.25) is 0 Å². The Morgan fingerprint density at radius 3 is 2.22 bits per heavy atom. The van der Waals surface area contributed by atoms with Crippen molar-refractivity contribution in [3.63, 3.8) is 0 Å². The van der Waals surface area contributed by atoms with Gasteiger partial charge in [0.05, 0.1) is 19.9 Å². The van der Waals surface area contributed by atoms with E-state index in [0.717, 1.165) is 11.3 Å². The van der Waals surface area contributed by atoms with Crippen LogP contribution in [0.3, 0.4) is 0 Å². The van der Waals surface area contributed by atoms with Gasteiger partial charge >= 0.3 is 5.97 Å². The minimum absolute atomic E-state index is 0.144. The van der Waals surface area contributed by atoms with Crippen molar-refractivity contribution in [1.29, 1.82) is 0 Å². The van der Waals surface area contributed by atoms with Gasteiger partial charge in [-0.05, 0) is 60.2 Å². The average molecular weight is 615 g/mol. The molecule has 0 saturated heterocycles. The first-order valence-corrected chi connectivity index (χ1v) is 14.8. The summed E-state index contributed by atoms with van der Waals surface area (Å²) in [4.78, 5) is 40.7. The monoisotopic (exact) mass is 614 g/mol. The minimum atomic E-state index is -0.735. The Bertz CT molecular complexity index is 1750. The number of esters is 1. The molecule has 5 rings (SSSR count). The molecule has 1 atom stereocenters. The SMILES string of the molecule is COC(=O)C(Cc1ccc(OCCN(C(=O)C=Cc2ccco2)c2ccccc2)cc1)Nc1ccccc1C(=O)c1ccccc1. The van der Waals surface area contributed by atoms with Crippen molar-refractivity contribution in [2.45, 2.75) is 12.5 Å². The van der Waals surface area contributed by atoms with E-state index in [2.05, 4.69) is 5.32 Å². The molecule has 232 valence electrons. The lowest BCUT2D eigenvalue weighted by Crippen LogP contribution is -2.33. The number of amides is 1. The predicted octanol–water partition coefficient (Wildman–Crippen LogP) is 6.83. The van der Waals surface area contributed by atoms with Crippen LogP contribution in [0.4, 0.5) is 11.4 Å². The van der Waals surface area contributed by atoms with Crippen LogP contribution in [0.15, 0.2) is 138 Å². The summed E-state index contributed by atoms with van der Waals surface area (Å²) in [6.45, 7) is 0.579. The fraction of sp³-hybridized carbons (Fsp3) is 0.132. The third kappa shape index (κ3) is 8.39. The number of para-hydroxylation sites is 2. The van der Waals surface area contributed by atoms with E-state index in [1.54, 1.807) is 59.7 Å². The maximum absolute atomic E-state index is 13.2. The number of carbonyl (C=O) groups is 3. The molecule has 0 aliphatic heterocycles. The van der Waals surface area contributed by atoms with Crippen molar-refractivity contribution < 1.29 is 28.3 Å². The van der Waals surface area contributed by atoms with Crippen LogP contribution in [-0.2, 0) is 20.7 Å². The van der Waals surface area contributed by atoms with Gasteiger partial charge in [0, 0.05) is 35.0 Å². The van der Waals surface area contributed by atoms with E-state index in [0.29, 0.717) is 41.3 Å². The lowest BCUT2D eigenvalue weighted by molar-refractivity contribution is -0.141. The number of hydrogen-bond donors (Lipinski definition) is 1. The van der Waals surface area contributed by atoms with Gasteiger partial charge in [0.2, 0.25) is 0 Å². The van der Waals surface area contributed by atoms with Crippen molar-refractivity contribution in [1.82, 2.24) is 0 Å². The standard InChI is InChI=1S/C38H34N2O6/c1-44-38(43)35(39-34-17-9-8-16-33(34)37(42)29-11-4-2-5-12-29)27-28-18-20-32(21-19-28)46-26-24-40(30-13-6-3-7-14-30)36(41)23-22-31-15-10-25-45-31/h2-23,25,35,39H,24,26-27H2,1H3. The number of ketones is 1. The first-order chi connectivity index (χ1) is 22.5. The van der Waals surface area contributed by atoms with Crippen LogP contribution in [0.25, 0.3) is 6.08 Å². The summed E-state index contributed by atoms with van der Waals surface area (Å²) in [5.41, 5.74) is 3.19. The zero-order chi connectivity index (χ0) is 32.1. The van der Waals surface area contributed by atoms with E-state index >= 15 is 0 Å². The molecule has 0 spiro atoms. The van der Waals surface area contributed by atoms with E-state index in [9.17, 15) is 14.4 Å². The quantitative estimate of drug-likeness (QED) is 0.0832. The van der Waals surface area contributed by atoms with E-state index in [1.807, 2.05) is 78.9 Å². The fourth-order valence-electron chi connectivity index (χ4n) is 4.89. The Morgan fingerprint density at radius 1 is 0.826 bits per heavy atom. The topological polar surface area (TPSA) is 98.1 Å². The summed E-state index contributed by atoms with van der Waals surface area (Å²) in [6, 6.07) is 35.7. The van der Waals surface area contributed by atoms with E-state index < -0.39 is 12.0 Å². The summed E-state index contributed by atoms with van der Waals surface area (Å²) < 4.78 is 16.4. The molecule has 1 aromatic heterocycles. The zero-order valence-corrected chi connectivity index (χ0v) is 25.4. The second kappa shape index (κ2) is 15.7. The van der Waals surface area contributed by atoms with Crippen molar-refractivity contribution in [2.24, 2.45) is 0 Å². The summed E-state index contributed by atoms with van der Waals surface area (Å²) >= 11 is 0. The number of ether oxygens (including phenoxy) is 2. The highest BCUT2D eigenvalue weighted by Crippen LogP contribution is 2.22. The Kier molecular flexibility index (Phi) is 10.8. The molecule has 0 aliphatic carbocycles.